The molecule has 2 aromatic rings. The second-order valence-electron chi connectivity index (χ2n) is 4.83. The van der Waals surface area contributed by atoms with Gasteiger partial charge in [0.2, 0.25) is 0 Å². The fourth-order valence-corrected chi connectivity index (χ4v) is 2.38. The number of benzene rings is 2. The van der Waals surface area contributed by atoms with Gasteiger partial charge >= 0.3 is 0 Å². The van der Waals surface area contributed by atoms with Crippen molar-refractivity contribution in [2.75, 3.05) is 19.0 Å². The molecule has 0 aliphatic carbocycles. The molecule has 4 heteroatoms. The van der Waals surface area contributed by atoms with Crippen LogP contribution in [0.5, 0.6) is 0 Å². The van der Waals surface area contributed by atoms with E-state index in [1.54, 1.807) is 12.1 Å². The molecule has 20 heavy (non-hydrogen) atoms. The van der Waals surface area contributed by atoms with Crippen molar-refractivity contribution in [3.05, 3.63) is 63.9 Å². The van der Waals surface area contributed by atoms with Crippen molar-refractivity contribution < 1.29 is 4.39 Å². The summed E-state index contributed by atoms with van der Waals surface area (Å²) in [6.07, 6.45) is 0. The Hall–Kier alpha value is -1.39. The number of halogens is 2. The SMILES string of the molecule is CNCc1cc(F)cc(N(C)Cc2ccc(Br)cc2)c1. The number of hydrogen-bond donors (Lipinski definition) is 1. The number of anilines is 1. The molecule has 2 aromatic carbocycles. The van der Waals surface area contributed by atoms with E-state index in [9.17, 15) is 4.39 Å². The van der Waals surface area contributed by atoms with E-state index < -0.39 is 0 Å². The monoisotopic (exact) mass is 336 g/mol. The zero-order valence-corrected chi connectivity index (χ0v) is 13.2. The lowest BCUT2D eigenvalue weighted by Crippen LogP contribution is -2.17. The minimum atomic E-state index is -0.199. The van der Waals surface area contributed by atoms with E-state index in [0.29, 0.717) is 6.54 Å². The van der Waals surface area contributed by atoms with E-state index in [4.69, 9.17) is 0 Å². The first-order valence-corrected chi connectivity index (χ1v) is 7.27. The second kappa shape index (κ2) is 6.86. The first-order chi connectivity index (χ1) is 9.58. The van der Waals surface area contributed by atoms with Crippen LogP contribution in [0.25, 0.3) is 0 Å². The van der Waals surface area contributed by atoms with Gasteiger partial charge in [0, 0.05) is 30.3 Å². The first-order valence-electron chi connectivity index (χ1n) is 6.48. The van der Waals surface area contributed by atoms with Gasteiger partial charge < -0.3 is 10.2 Å². The van der Waals surface area contributed by atoms with Crippen molar-refractivity contribution in [2.45, 2.75) is 13.1 Å². The molecule has 0 radical (unpaired) electrons. The fourth-order valence-electron chi connectivity index (χ4n) is 2.11. The molecule has 0 aromatic heterocycles. The van der Waals surface area contributed by atoms with Crippen LogP contribution in [0.15, 0.2) is 46.9 Å². The maximum atomic E-state index is 13.6. The Morgan fingerprint density at radius 3 is 2.45 bits per heavy atom. The summed E-state index contributed by atoms with van der Waals surface area (Å²) in [5.41, 5.74) is 3.03. The quantitative estimate of drug-likeness (QED) is 0.889. The van der Waals surface area contributed by atoms with Gasteiger partial charge in [-0.15, -0.1) is 0 Å². The highest BCUT2D eigenvalue weighted by Crippen LogP contribution is 2.20. The third-order valence-electron chi connectivity index (χ3n) is 3.10. The number of nitrogens with zero attached hydrogens (tertiary/aromatic N) is 1. The van der Waals surface area contributed by atoms with Crippen molar-refractivity contribution in [2.24, 2.45) is 0 Å². The van der Waals surface area contributed by atoms with Crippen LogP contribution in [0.2, 0.25) is 0 Å². The Labute approximate surface area is 127 Å². The Balaban J connectivity index is 2.15. The second-order valence-corrected chi connectivity index (χ2v) is 5.75. The van der Waals surface area contributed by atoms with Gasteiger partial charge in [0.05, 0.1) is 0 Å². The molecule has 0 fully saturated rings. The average molecular weight is 337 g/mol. The third-order valence-corrected chi connectivity index (χ3v) is 3.63. The van der Waals surface area contributed by atoms with Crippen LogP contribution in [-0.4, -0.2) is 14.1 Å². The zero-order valence-electron chi connectivity index (χ0n) is 11.7. The van der Waals surface area contributed by atoms with Gasteiger partial charge in [0.25, 0.3) is 0 Å². The Morgan fingerprint density at radius 2 is 1.80 bits per heavy atom. The maximum Gasteiger partial charge on any atom is 0.125 e. The highest BCUT2D eigenvalue weighted by atomic mass is 79.9. The summed E-state index contributed by atoms with van der Waals surface area (Å²) in [4.78, 5) is 2.05. The maximum absolute atomic E-state index is 13.6. The van der Waals surface area contributed by atoms with E-state index in [2.05, 4.69) is 33.4 Å². The van der Waals surface area contributed by atoms with Crippen LogP contribution < -0.4 is 10.2 Å². The Bertz CT molecular complexity index is 569. The van der Waals surface area contributed by atoms with Gasteiger partial charge in [-0.2, -0.15) is 0 Å². The van der Waals surface area contributed by atoms with Crippen molar-refractivity contribution in [1.82, 2.24) is 5.32 Å². The highest BCUT2D eigenvalue weighted by Gasteiger charge is 2.06. The molecule has 0 aliphatic rings. The normalized spacial score (nSPS) is 10.6. The van der Waals surface area contributed by atoms with E-state index in [-0.39, 0.29) is 5.82 Å². The van der Waals surface area contributed by atoms with Crippen molar-refractivity contribution >= 4 is 21.6 Å². The molecule has 1 N–H and O–H groups in total. The predicted octanol–water partition coefficient (Wildman–Crippen LogP) is 3.94. The van der Waals surface area contributed by atoms with Crippen LogP contribution in [0.4, 0.5) is 10.1 Å². The molecule has 2 rings (SSSR count). The number of hydrogen-bond acceptors (Lipinski definition) is 2. The largest absolute Gasteiger partial charge is 0.370 e. The van der Waals surface area contributed by atoms with Crippen LogP contribution in [0, 0.1) is 5.82 Å². The minimum absolute atomic E-state index is 0.199. The molecule has 0 atom stereocenters. The molecule has 0 amide bonds. The van der Waals surface area contributed by atoms with Gasteiger partial charge in [0.15, 0.2) is 0 Å². The number of nitrogens with one attached hydrogen (secondary N) is 1. The molecule has 2 nitrogen and oxygen atoms in total. The van der Waals surface area contributed by atoms with Crippen LogP contribution in [-0.2, 0) is 13.1 Å². The Kier molecular flexibility index (Phi) is 5.15. The fraction of sp³-hybridized carbons (Fsp3) is 0.250. The van der Waals surface area contributed by atoms with Gasteiger partial charge in [-0.05, 0) is 48.5 Å². The average Bonchev–Trinajstić information content (AvgIpc) is 2.41. The highest BCUT2D eigenvalue weighted by molar-refractivity contribution is 9.10. The summed E-state index contributed by atoms with van der Waals surface area (Å²) < 4.78 is 14.7. The Morgan fingerprint density at radius 1 is 1.10 bits per heavy atom. The lowest BCUT2D eigenvalue weighted by Gasteiger charge is -2.20. The van der Waals surface area contributed by atoms with E-state index >= 15 is 0 Å². The lowest BCUT2D eigenvalue weighted by atomic mass is 10.1. The molecule has 0 aliphatic heterocycles. The van der Waals surface area contributed by atoms with E-state index in [1.165, 1.54) is 5.56 Å². The topological polar surface area (TPSA) is 15.3 Å². The summed E-state index contributed by atoms with van der Waals surface area (Å²) in [5.74, 6) is -0.199. The van der Waals surface area contributed by atoms with Gasteiger partial charge in [0.1, 0.15) is 5.82 Å². The summed E-state index contributed by atoms with van der Waals surface area (Å²) in [6, 6.07) is 13.3. The standard InChI is InChI=1S/C16H18BrFN2/c1-19-10-13-7-15(18)9-16(8-13)20(2)11-12-3-5-14(17)6-4-12/h3-9,19H,10-11H2,1-2H3. The zero-order chi connectivity index (χ0) is 14.5. The summed E-state index contributed by atoms with van der Waals surface area (Å²) in [7, 11) is 3.83. The third kappa shape index (κ3) is 4.05. The van der Waals surface area contributed by atoms with E-state index in [0.717, 1.165) is 22.3 Å². The molecular formula is C16H18BrFN2. The van der Waals surface area contributed by atoms with Crippen molar-refractivity contribution in [3.8, 4) is 0 Å². The van der Waals surface area contributed by atoms with Gasteiger partial charge in [-0.1, -0.05) is 28.1 Å². The lowest BCUT2D eigenvalue weighted by molar-refractivity contribution is 0.623. The summed E-state index contributed by atoms with van der Waals surface area (Å²) in [5, 5.41) is 3.04. The van der Waals surface area contributed by atoms with Crippen LogP contribution in [0.1, 0.15) is 11.1 Å². The van der Waals surface area contributed by atoms with Crippen molar-refractivity contribution in [3.63, 3.8) is 0 Å². The molecule has 0 spiro atoms. The molecular weight excluding hydrogens is 319 g/mol. The summed E-state index contributed by atoms with van der Waals surface area (Å²) >= 11 is 3.42. The van der Waals surface area contributed by atoms with Crippen LogP contribution in [0.3, 0.4) is 0 Å². The molecule has 0 saturated carbocycles. The molecule has 0 heterocycles. The molecule has 0 unspecified atom stereocenters. The van der Waals surface area contributed by atoms with Gasteiger partial charge in [-0.25, -0.2) is 4.39 Å². The van der Waals surface area contributed by atoms with Crippen molar-refractivity contribution in [1.29, 1.82) is 0 Å². The molecule has 106 valence electrons. The minimum Gasteiger partial charge on any atom is -0.370 e. The van der Waals surface area contributed by atoms with Crippen LogP contribution >= 0.6 is 15.9 Å². The molecule has 0 saturated heterocycles. The molecule has 0 bridgehead atoms. The number of rotatable bonds is 5. The summed E-state index contributed by atoms with van der Waals surface area (Å²) in [6.45, 7) is 1.41. The first kappa shape index (κ1) is 15.0. The van der Waals surface area contributed by atoms with E-state index in [1.807, 2.05) is 37.2 Å². The smallest absolute Gasteiger partial charge is 0.125 e. The predicted molar refractivity (Wildman–Crippen MR) is 85.4 cm³/mol. The van der Waals surface area contributed by atoms with Gasteiger partial charge in [-0.3, -0.25) is 0 Å².